The smallest absolute Gasteiger partial charge is 0.308 e. The van der Waals surface area contributed by atoms with E-state index < -0.39 is 11.9 Å². The van der Waals surface area contributed by atoms with Crippen LogP contribution in [0.15, 0.2) is 22.9 Å². The summed E-state index contributed by atoms with van der Waals surface area (Å²) < 4.78 is 0.597. The quantitative estimate of drug-likeness (QED) is 0.845. The van der Waals surface area contributed by atoms with Crippen LogP contribution in [-0.2, 0) is 4.79 Å². The lowest BCUT2D eigenvalue weighted by Gasteiger charge is -2.30. The third-order valence-corrected chi connectivity index (χ3v) is 3.47. The first-order valence-corrected chi connectivity index (χ1v) is 6.51. The molecule has 6 heteroatoms. The molecule has 96 valence electrons. The van der Waals surface area contributed by atoms with Crippen LogP contribution in [0.1, 0.15) is 23.2 Å². The second kappa shape index (κ2) is 5.48. The summed E-state index contributed by atoms with van der Waals surface area (Å²) in [5, 5.41) is 9.00. The molecule has 5 nitrogen and oxygen atoms in total. The van der Waals surface area contributed by atoms with E-state index in [9.17, 15) is 9.59 Å². The zero-order valence-electron chi connectivity index (χ0n) is 9.67. The molecule has 0 saturated carbocycles. The van der Waals surface area contributed by atoms with E-state index in [1.807, 2.05) is 0 Å². The molecule has 0 bridgehead atoms. The molecule has 0 aliphatic carbocycles. The van der Waals surface area contributed by atoms with Gasteiger partial charge in [0, 0.05) is 24.8 Å². The summed E-state index contributed by atoms with van der Waals surface area (Å²) in [6, 6.07) is 3.28. The number of aromatic nitrogens is 1. The van der Waals surface area contributed by atoms with Gasteiger partial charge >= 0.3 is 5.97 Å². The van der Waals surface area contributed by atoms with Crippen LogP contribution in [0.4, 0.5) is 0 Å². The normalized spacial score (nSPS) is 19.6. The molecular weight excluding hydrogens is 300 g/mol. The lowest BCUT2D eigenvalue weighted by atomic mass is 9.98. The molecule has 0 aromatic carbocycles. The van der Waals surface area contributed by atoms with Crippen LogP contribution in [0.5, 0.6) is 0 Å². The largest absolute Gasteiger partial charge is 0.481 e. The highest BCUT2D eigenvalue weighted by Gasteiger charge is 2.28. The van der Waals surface area contributed by atoms with Gasteiger partial charge in [0.2, 0.25) is 0 Å². The van der Waals surface area contributed by atoms with E-state index in [1.165, 1.54) is 0 Å². The van der Waals surface area contributed by atoms with Gasteiger partial charge in [-0.3, -0.25) is 9.59 Å². The third kappa shape index (κ3) is 2.87. The number of amides is 1. The van der Waals surface area contributed by atoms with Crippen LogP contribution in [-0.4, -0.2) is 40.0 Å². The number of hydrogen-bond donors (Lipinski definition) is 1. The Kier molecular flexibility index (Phi) is 3.96. The minimum Gasteiger partial charge on any atom is -0.481 e. The van der Waals surface area contributed by atoms with Crippen LogP contribution in [0.2, 0.25) is 0 Å². The highest BCUT2D eigenvalue weighted by Crippen LogP contribution is 2.19. The van der Waals surface area contributed by atoms with E-state index in [0.717, 1.165) is 6.42 Å². The zero-order valence-corrected chi connectivity index (χ0v) is 11.3. The first kappa shape index (κ1) is 13.0. The molecule has 0 unspecified atom stereocenters. The molecule has 1 aromatic heterocycles. The Bertz CT molecular complexity index is 478. The number of carbonyl (C=O) groups excluding carboxylic acids is 1. The fourth-order valence-corrected chi connectivity index (χ4v) is 2.45. The van der Waals surface area contributed by atoms with Crippen molar-refractivity contribution in [1.82, 2.24) is 9.88 Å². The van der Waals surface area contributed by atoms with Crippen LogP contribution < -0.4 is 0 Å². The van der Waals surface area contributed by atoms with Crippen molar-refractivity contribution < 1.29 is 14.7 Å². The Hall–Kier alpha value is -1.43. The number of carboxylic acid groups (broad SMARTS) is 1. The molecule has 0 spiro atoms. The summed E-state index contributed by atoms with van der Waals surface area (Å²) in [5.41, 5.74) is 0.530. The van der Waals surface area contributed by atoms with Gasteiger partial charge in [-0.1, -0.05) is 0 Å². The monoisotopic (exact) mass is 312 g/mol. The standard InChI is InChI=1S/C12H13BrN2O3/c13-10-6-8(3-4-14-10)11(16)15-5-1-2-9(7-15)12(17)18/h3-4,6,9H,1-2,5,7H2,(H,17,18)/t9-/m0/s1. The molecule has 1 atom stereocenters. The van der Waals surface area contributed by atoms with Crippen LogP contribution in [0.3, 0.4) is 0 Å². The number of likely N-dealkylation sites (tertiary alicyclic amines) is 1. The van der Waals surface area contributed by atoms with Crippen molar-refractivity contribution >= 4 is 27.8 Å². The summed E-state index contributed by atoms with van der Waals surface area (Å²) in [7, 11) is 0. The van der Waals surface area contributed by atoms with Gasteiger partial charge in [0.1, 0.15) is 4.60 Å². The number of piperidine rings is 1. The fraction of sp³-hybridized carbons (Fsp3) is 0.417. The topological polar surface area (TPSA) is 70.5 Å². The van der Waals surface area contributed by atoms with Crippen molar-refractivity contribution in [2.75, 3.05) is 13.1 Å². The van der Waals surface area contributed by atoms with Crippen molar-refractivity contribution in [1.29, 1.82) is 0 Å². The third-order valence-electron chi connectivity index (χ3n) is 3.03. The van der Waals surface area contributed by atoms with E-state index in [4.69, 9.17) is 5.11 Å². The molecule has 18 heavy (non-hydrogen) atoms. The molecule has 2 heterocycles. The number of carbonyl (C=O) groups is 2. The van der Waals surface area contributed by atoms with Crippen LogP contribution >= 0.6 is 15.9 Å². The molecule has 2 rings (SSSR count). The van der Waals surface area contributed by atoms with Crippen molar-refractivity contribution in [3.63, 3.8) is 0 Å². The van der Waals surface area contributed by atoms with Gasteiger partial charge < -0.3 is 10.0 Å². The molecular formula is C12H13BrN2O3. The van der Waals surface area contributed by atoms with Crippen molar-refractivity contribution in [3.8, 4) is 0 Å². The van der Waals surface area contributed by atoms with E-state index in [2.05, 4.69) is 20.9 Å². The van der Waals surface area contributed by atoms with Crippen molar-refractivity contribution in [2.45, 2.75) is 12.8 Å². The highest BCUT2D eigenvalue weighted by atomic mass is 79.9. The maximum absolute atomic E-state index is 12.2. The van der Waals surface area contributed by atoms with E-state index in [1.54, 1.807) is 23.2 Å². The predicted molar refractivity (Wildman–Crippen MR) is 68.2 cm³/mol. The van der Waals surface area contributed by atoms with Crippen LogP contribution in [0, 0.1) is 5.92 Å². The number of hydrogen-bond acceptors (Lipinski definition) is 3. The van der Waals surface area contributed by atoms with Gasteiger partial charge in [0.25, 0.3) is 5.91 Å². The van der Waals surface area contributed by atoms with Gasteiger partial charge in [-0.15, -0.1) is 0 Å². The highest BCUT2D eigenvalue weighted by molar-refractivity contribution is 9.10. The van der Waals surface area contributed by atoms with E-state index in [-0.39, 0.29) is 12.5 Å². The lowest BCUT2D eigenvalue weighted by molar-refractivity contribution is -0.143. The molecule has 1 amide bonds. The maximum Gasteiger partial charge on any atom is 0.308 e. The molecule has 1 aliphatic rings. The Labute approximate surface area is 113 Å². The Morgan fingerprint density at radius 3 is 2.94 bits per heavy atom. The predicted octanol–water partition coefficient (Wildman–Crippen LogP) is 1.78. The number of aliphatic carboxylic acids is 1. The van der Waals surface area contributed by atoms with Gasteiger partial charge in [-0.25, -0.2) is 4.98 Å². The number of pyridine rings is 1. The summed E-state index contributed by atoms with van der Waals surface area (Å²) in [4.78, 5) is 28.7. The van der Waals surface area contributed by atoms with Crippen molar-refractivity contribution in [3.05, 3.63) is 28.5 Å². The van der Waals surface area contributed by atoms with Gasteiger partial charge in [-0.2, -0.15) is 0 Å². The molecule has 1 fully saturated rings. The Morgan fingerprint density at radius 1 is 1.50 bits per heavy atom. The molecule has 1 N–H and O–H groups in total. The SMILES string of the molecule is O=C(O)[C@H]1CCCN(C(=O)c2ccnc(Br)c2)C1. The van der Waals surface area contributed by atoms with E-state index >= 15 is 0 Å². The summed E-state index contributed by atoms with van der Waals surface area (Å²) >= 11 is 3.21. The van der Waals surface area contributed by atoms with Gasteiger partial charge in [0.05, 0.1) is 5.92 Å². The van der Waals surface area contributed by atoms with Crippen LogP contribution in [0.25, 0.3) is 0 Å². The first-order chi connectivity index (χ1) is 8.58. The molecule has 1 saturated heterocycles. The number of halogens is 1. The average Bonchev–Trinajstić information content (AvgIpc) is 2.38. The zero-order chi connectivity index (χ0) is 13.1. The van der Waals surface area contributed by atoms with Gasteiger partial charge in [-0.05, 0) is 40.9 Å². The minimum absolute atomic E-state index is 0.135. The minimum atomic E-state index is -0.830. The second-order valence-electron chi connectivity index (χ2n) is 4.30. The number of rotatable bonds is 2. The first-order valence-electron chi connectivity index (χ1n) is 5.71. The fourth-order valence-electron chi connectivity index (χ4n) is 2.08. The summed E-state index contributed by atoms with van der Waals surface area (Å²) in [6.07, 6.45) is 2.92. The Morgan fingerprint density at radius 2 is 2.28 bits per heavy atom. The molecule has 1 aliphatic heterocycles. The second-order valence-corrected chi connectivity index (χ2v) is 5.11. The summed E-state index contributed by atoms with van der Waals surface area (Å²) in [5.74, 6) is -1.42. The number of nitrogens with zero attached hydrogens (tertiary/aromatic N) is 2. The maximum atomic E-state index is 12.2. The summed E-state index contributed by atoms with van der Waals surface area (Å²) in [6.45, 7) is 0.899. The molecule has 1 aromatic rings. The lowest BCUT2D eigenvalue weighted by Crippen LogP contribution is -2.42. The van der Waals surface area contributed by atoms with Crippen molar-refractivity contribution in [2.24, 2.45) is 5.92 Å². The Balaban J connectivity index is 2.11. The van der Waals surface area contributed by atoms with Gasteiger partial charge in [0.15, 0.2) is 0 Å². The average molecular weight is 313 g/mol. The molecule has 0 radical (unpaired) electrons. The number of carboxylic acids is 1. The van der Waals surface area contributed by atoms with E-state index in [0.29, 0.717) is 23.1 Å².